The Labute approximate surface area is 111 Å². The number of nitrogens with zero attached hydrogens (tertiary/aromatic N) is 1. The Morgan fingerprint density at radius 2 is 1.84 bits per heavy atom. The van der Waals surface area contributed by atoms with Crippen LogP contribution in [0.5, 0.6) is 5.75 Å². The van der Waals surface area contributed by atoms with Gasteiger partial charge in [-0.2, -0.15) is 0 Å². The summed E-state index contributed by atoms with van der Waals surface area (Å²) in [5, 5.41) is 0. The molecule has 1 aliphatic heterocycles. The van der Waals surface area contributed by atoms with E-state index in [1.807, 2.05) is 6.92 Å². The standard InChI is InChI=1S/C14H15NO4/c1-2-19-12-6-4-3-5-10(12)11(16)9-15-13(17)7-8-14(15)18/h3-6H,2,7-9H2,1H3. The number of amides is 2. The number of ether oxygens (including phenoxy) is 1. The first-order valence-electron chi connectivity index (χ1n) is 6.21. The normalized spacial score (nSPS) is 14.9. The van der Waals surface area contributed by atoms with Gasteiger partial charge in [0, 0.05) is 12.8 Å². The second kappa shape index (κ2) is 5.65. The van der Waals surface area contributed by atoms with Crippen molar-refractivity contribution in [2.75, 3.05) is 13.2 Å². The van der Waals surface area contributed by atoms with Crippen LogP contribution in [0, 0.1) is 0 Å². The summed E-state index contributed by atoms with van der Waals surface area (Å²) in [6, 6.07) is 6.83. The van der Waals surface area contributed by atoms with Gasteiger partial charge < -0.3 is 4.74 Å². The molecule has 100 valence electrons. The van der Waals surface area contributed by atoms with Gasteiger partial charge >= 0.3 is 0 Å². The molecule has 1 aromatic carbocycles. The summed E-state index contributed by atoms with van der Waals surface area (Å²) in [5.41, 5.74) is 0.400. The van der Waals surface area contributed by atoms with E-state index in [4.69, 9.17) is 4.74 Å². The fraction of sp³-hybridized carbons (Fsp3) is 0.357. The lowest BCUT2D eigenvalue weighted by Gasteiger charge is -2.14. The molecule has 0 radical (unpaired) electrons. The van der Waals surface area contributed by atoms with Crippen LogP contribution in [-0.2, 0) is 9.59 Å². The molecule has 0 aliphatic carbocycles. The van der Waals surface area contributed by atoms with Crippen molar-refractivity contribution in [3.63, 3.8) is 0 Å². The topological polar surface area (TPSA) is 63.7 Å². The number of likely N-dealkylation sites (tertiary alicyclic amines) is 1. The molecule has 5 nitrogen and oxygen atoms in total. The minimum atomic E-state index is -0.285. The van der Waals surface area contributed by atoms with Crippen molar-refractivity contribution in [1.29, 1.82) is 0 Å². The van der Waals surface area contributed by atoms with E-state index in [2.05, 4.69) is 0 Å². The predicted octanol–water partition coefficient (Wildman–Crippen LogP) is 1.42. The van der Waals surface area contributed by atoms with Crippen LogP contribution in [0.4, 0.5) is 0 Å². The zero-order valence-corrected chi connectivity index (χ0v) is 10.7. The first kappa shape index (κ1) is 13.3. The third-order valence-electron chi connectivity index (χ3n) is 2.94. The number of imide groups is 1. The molecule has 0 N–H and O–H groups in total. The molecule has 0 aromatic heterocycles. The van der Waals surface area contributed by atoms with Crippen molar-refractivity contribution in [1.82, 2.24) is 4.90 Å². The molecule has 2 rings (SSSR count). The highest BCUT2D eigenvalue weighted by molar-refractivity contribution is 6.08. The van der Waals surface area contributed by atoms with Crippen molar-refractivity contribution in [2.45, 2.75) is 19.8 Å². The van der Waals surface area contributed by atoms with Gasteiger partial charge in [0.05, 0.1) is 18.7 Å². The summed E-state index contributed by atoms with van der Waals surface area (Å²) < 4.78 is 5.37. The quantitative estimate of drug-likeness (QED) is 0.594. The maximum atomic E-state index is 12.2. The molecule has 0 unspecified atom stereocenters. The van der Waals surface area contributed by atoms with Crippen LogP contribution >= 0.6 is 0 Å². The van der Waals surface area contributed by atoms with Gasteiger partial charge in [0.25, 0.3) is 0 Å². The van der Waals surface area contributed by atoms with Gasteiger partial charge in [0.1, 0.15) is 5.75 Å². The van der Waals surface area contributed by atoms with E-state index in [9.17, 15) is 14.4 Å². The van der Waals surface area contributed by atoms with Crippen LogP contribution in [-0.4, -0.2) is 35.6 Å². The Morgan fingerprint density at radius 3 is 2.47 bits per heavy atom. The summed E-state index contributed by atoms with van der Waals surface area (Å²) in [6.45, 7) is 2.07. The van der Waals surface area contributed by atoms with E-state index in [-0.39, 0.29) is 37.0 Å². The number of rotatable bonds is 5. The SMILES string of the molecule is CCOc1ccccc1C(=O)CN1C(=O)CCC1=O. The molecule has 5 heteroatoms. The van der Waals surface area contributed by atoms with E-state index in [1.54, 1.807) is 24.3 Å². The second-order valence-electron chi connectivity index (χ2n) is 4.23. The Bertz CT molecular complexity index is 508. The second-order valence-corrected chi connectivity index (χ2v) is 4.23. The summed E-state index contributed by atoms with van der Waals surface area (Å²) in [4.78, 5) is 36.1. The number of hydrogen-bond acceptors (Lipinski definition) is 4. The van der Waals surface area contributed by atoms with Gasteiger partial charge in [-0.25, -0.2) is 0 Å². The number of para-hydroxylation sites is 1. The van der Waals surface area contributed by atoms with Gasteiger partial charge in [-0.1, -0.05) is 12.1 Å². The summed E-state index contributed by atoms with van der Waals surface area (Å²) in [7, 11) is 0. The number of carbonyl (C=O) groups is 3. The lowest BCUT2D eigenvalue weighted by molar-refractivity contribution is -0.137. The molecule has 1 fully saturated rings. The molecule has 0 bridgehead atoms. The number of hydrogen-bond donors (Lipinski definition) is 0. The van der Waals surface area contributed by atoms with Crippen molar-refractivity contribution < 1.29 is 19.1 Å². The lowest BCUT2D eigenvalue weighted by atomic mass is 10.1. The van der Waals surface area contributed by atoms with Gasteiger partial charge in [-0.3, -0.25) is 19.3 Å². The predicted molar refractivity (Wildman–Crippen MR) is 67.9 cm³/mol. The van der Waals surface area contributed by atoms with Crippen LogP contribution in [0.2, 0.25) is 0 Å². The van der Waals surface area contributed by atoms with Crippen molar-refractivity contribution >= 4 is 17.6 Å². The molecule has 0 saturated carbocycles. The smallest absolute Gasteiger partial charge is 0.230 e. The third kappa shape index (κ3) is 2.81. The average Bonchev–Trinajstić information content (AvgIpc) is 2.71. The van der Waals surface area contributed by atoms with Crippen LogP contribution in [0.25, 0.3) is 0 Å². The Hall–Kier alpha value is -2.17. The lowest BCUT2D eigenvalue weighted by Crippen LogP contribution is -2.34. The van der Waals surface area contributed by atoms with Gasteiger partial charge in [0.15, 0.2) is 5.78 Å². The molecule has 19 heavy (non-hydrogen) atoms. The first-order valence-corrected chi connectivity index (χ1v) is 6.21. The molecule has 0 atom stereocenters. The highest BCUT2D eigenvalue weighted by Gasteiger charge is 2.31. The molecule has 1 aliphatic rings. The van der Waals surface area contributed by atoms with E-state index in [1.165, 1.54) is 0 Å². The highest BCUT2D eigenvalue weighted by atomic mass is 16.5. The maximum absolute atomic E-state index is 12.2. The number of ketones is 1. The summed E-state index contributed by atoms with van der Waals surface area (Å²) >= 11 is 0. The fourth-order valence-electron chi connectivity index (χ4n) is 2.01. The zero-order chi connectivity index (χ0) is 13.8. The van der Waals surface area contributed by atoms with Gasteiger partial charge in [-0.15, -0.1) is 0 Å². The van der Waals surface area contributed by atoms with E-state index in [0.717, 1.165) is 4.90 Å². The minimum absolute atomic E-state index is 0.194. The largest absolute Gasteiger partial charge is 0.493 e. The van der Waals surface area contributed by atoms with Gasteiger partial charge in [0.2, 0.25) is 11.8 Å². The van der Waals surface area contributed by atoms with Crippen LogP contribution in [0.3, 0.4) is 0 Å². The first-order chi connectivity index (χ1) is 9.13. The highest BCUT2D eigenvalue weighted by Crippen LogP contribution is 2.20. The Balaban J connectivity index is 2.16. The van der Waals surface area contributed by atoms with Crippen molar-refractivity contribution in [3.05, 3.63) is 29.8 Å². The van der Waals surface area contributed by atoms with E-state index >= 15 is 0 Å². The third-order valence-corrected chi connectivity index (χ3v) is 2.94. The summed E-state index contributed by atoms with van der Waals surface area (Å²) in [5.74, 6) is -0.374. The molecular weight excluding hydrogens is 246 g/mol. The Morgan fingerprint density at radius 1 is 1.21 bits per heavy atom. The van der Waals surface area contributed by atoms with Crippen molar-refractivity contribution in [3.8, 4) is 5.75 Å². The Kier molecular flexibility index (Phi) is 3.94. The molecule has 1 saturated heterocycles. The molecule has 1 aromatic rings. The number of carbonyl (C=O) groups excluding carboxylic acids is 3. The van der Waals surface area contributed by atoms with Crippen molar-refractivity contribution in [2.24, 2.45) is 0 Å². The van der Waals surface area contributed by atoms with Crippen LogP contribution in [0.15, 0.2) is 24.3 Å². The molecule has 0 spiro atoms. The summed E-state index contributed by atoms with van der Waals surface area (Å²) in [6.07, 6.45) is 0.387. The van der Waals surface area contributed by atoms with Crippen LogP contribution < -0.4 is 4.74 Å². The molecule has 2 amide bonds. The maximum Gasteiger partial charge on any atom is 0.230 e. The van der Waals surface area contributed by atoms with E-state index in [0.29, 0.717) is 17.9 Å². The number of Topliss-reactive ketones (excluding diaryl/α,β-unsaturated/α-hetero) is 1. The average molecular weight is 261 g/mol. The monoisotopic (exact) mass is 261 g/mol. The molecule has 1 heterocycles. The van der Waals surface area contributed by atoms with Crippen LogP contribution in [0.1, 0.15) is 30.1 Å². The van der Waals surface area contributed by atoms with E-state index < -0.39 is 0 Å². The van der Waals surface area contributed by atoms with Gasteiger partial charge in [-0.05, 0) is 19.1 Å². The number of benzene rings is 1. The molecular formula is C14H15NO4. The zero-order valence-electron chi connectivity index (χ0n) is 10.7. The minimum Gasteiger partial charge on any atom is -0.493 e. The fourth-order valence-corrected chi connectivity index (χ4v) is 2.01.